The first kappa shape index (κ1) is 15.5. The van der Waals surface area contributed by atoms with Gasteiger partial charge in [0.15, 0.2) is 0 Å². The summed E-state index contributed by atoms with van der Waals surface area (Å²) >= 11 is 0. The van der Waals surface area contributed by atoms with Crippen LogP contribution in [0.2, 0.25) is 0 Å². The molecule has 0 aliphatic rings. The molecule has 19 heavy (non-hydrogen) atoms. The van der Waals surface area contributed by atoms with Crippen LogP contribution in [0.15, 0.2) is 24.3 Å². The van der Waals surface area contributed by atoms with E-state index >= 15 is 0 Å². The molecule has 1 aromatic carbocycles. The lowest BCUT2D eigenvalue weighted by molar-refractivity contribution is -0.120. The van der Waals surface area contributed by atoms with Gasteiger partial charge in [0.2, 0.25) is 5.91 Å². The van der Waals surface area contributed by atoms with Crippen LogP contribution < -0.4 is 10.1 Å². The van der Waals surface area contributed by atoms with Gasteiger partial charge < -0.3 is 19.5 Å². The van der Waals surface area contributed by atoms with Gasteiger partial charge in [-0.1, -0.05) is 12.1 Å². The first-order chi connectivity index (χ1) is 9.26. The van der Waals surface area contributed by atoms with Gasteiger partial charge in [0.25, 0.3) is 0 Å². The molecular formula is C14H21NO4. The molecule has 0 bridgehead atoms. The average molecular weight is 267 g/mol. The number of rotatable bonds is 9. The van der Waals surface area contributed by atoms with E-state index in [-0.39, 0.29) is 5.91 Å². The van der Waals surface area contributed by atoms with Crippen LogP contribution in [-0.4, -0.2) is 46.5 Å². The summed E-state index contributed by atoms with van der Waals surface area (Å²) in [6.07, 6.45) is 0.343. The summed E-state index contributed by atoms with van der Waals surface area (Å²) in [5.74, 6) is 0.733. The molecule has 1 aromatic rings. The van der Waals surface area contributed by atoms with Crippen LogP contribution in [0.3, 0.4) is 0 Å². The van der Waals surface area contributed by atoms with Gasteiger partial charge in [-0.25, -0.2) is 0 Å². The second kappa shape index (κ2) is 9.35. The summed E-state index contributed by atoms with van der Waals surface area (Å²) in [7, 11) is 3.23. The van der Waals surface area contributed by atoms with Crippen molar-refractivity contribution in [3.8, 4) is 5.75 Å². The lowest BCUT2D eigenvalue weighted by Crippen LogP contribution is -2.28. The van der Waals surface area contributed by atoms with Crippen molar-refractivity contribution in [2.24, 2.45) is 0 Å². The van der Waals surface area contributed by atoms with Crippen molar-refractivity contribution in [2.75, 3.05) is 40.6 Å². The number of ether oxygens (including phenoxy) is 3. The molecule has 106 valence electrons. The van der Waals surface area contributed by atoms with Gasteiger partial charge in [0.05, 0.1) is 33.4 Å². The molecule has 0 aromatic heterocycles. The molecule has 0 atom stereocenters. The fourth-order valence-corrected chi connectivity index (χ4v) is 1.54. The van der Waals surface area contributed by atoms with Gasteiger partial charge in [-0.3, -0.25) is 4.79 Å². The number of amides is 1. The number of hydrogen-bond acceptors (Lipinski definition) is 4. The Labute approximate surface area is 113 Å². The van der Waals surface area contributed by atoms with Gasteiger partial charge >= 0.3 is 0 Å². The summed E-state index contributed by atoms with van der Waals surface area (Å²) in [5.41, 5.74) is 0.928. The predicted octanol–water partition coefficient (Wildman–Crippen LogP) is 1.02. The third-order valence-electron chi connectivity index (χ3n) is 2.50. The standard InChI is InChI=1S/C14H21NO4/c1-17-8-9-19-7-6-15-14(16)11-12-4-3-5-13(10-12)18-2/h3-5,10H,6-9,11H2,1-2H3,(H,15,16). The highest BCUT2D eigenvalue weighted by Crippen LogP contribution is 2.12. The van der Waals surface area contributed by atoms with Crippen LogP contribution in [-0.2, 0) is 20.7 Å². The number of carbonyl (C=O) groups excluding carboxylic acids is 1. The van der Waals surface area contributed by atoms with Gasteiger partial charge in [-0.15, -0.1) is 0 Å². The van der Waals surface area contributed by atoms with E-state index in [0.29, 0.717) is 32.8 Å². The van der Waals surface area contributed by atoms with Crippen molar-refractivity contribution in [3.63, 3.8) is 0 Å². The zero-order valence-electron chi connectivity index (χ0n) is 11.5. The van der Waals surface area contributed by atoms with Crippen LogP contribution in [0.25, 0.3) is 0 Å². The highest BCUT2D eigenvalue weighted by molar-refractivity contribution is 5.78. The average Bonchev–Trinajstić information content (AvgIpc) is 2.43. The van der Waals surface area contributed by atoms with Crippen LogP contribution >= 0.6 is 0 Å². The van der Waals surface area contributed by atoms with E-state index in [4.69, 9.17) is 14.2 Å². The zero-order valence-corrected chi connectivity index (χ0v) is 11.5. The van der Waals surface area contributed by atoms with E-state index < -0.39 is 0 Å². The molecule has 0 spiro atoms. The minimum atomic E-state index is -0.0244. The van der Waals surface area contributed by atoms with Crippen molar-refractivity contribution in [1.82, 2.24) is 5.32 Å². The SMILES string of the molecule is COCCOCCNC(=O)Cc1cccc(OC)c1. The van der Waals surface area contributed by atoms with Crippen molar-refractivity contribution in [3.05, 3.63) is 29.8 Å². The monoisotopic (exact) mass is 267 g/mol. The van der Waals surface area contributed by atoms with Crippen molar-refractivity contribution >= 4 is 5.91 Å². The Morgan fingerprint density at radius 3 is 2.79 bits per heavy atom. The molecule has 5 heteroatoms. The molecule has 1 N–H and O–H groups in total. The summed E-state index contributed by atoms with van der Waals surface area (Å²) in [4.78, 5) is 11.7. The molecule has 0 aliphatic carbocycles. The number of methoxy groups -OCH3 is 2. The maximum absolute atomic E-state index is 11.7. The van der Waals surface area contributed by atoms with Gasteiger partial charge in [0, 0.05) is 13.7 Å². The lowest BCUT2D eigenvalue weighted by atomic mass is 10.1. The van der Waals surface area contributed by atoms with E-state index in [9.17, 15) is 4.79 Å². The summed E-state index contributed by atoms with van der Waals surface area (Å²) in [6.45, 7) is 2.11. The largest absolute Gasteiger partial charge is 0.497 e. The molecule has 0 unspecified atom stereocenters. The molecule has 1 rings (SSSR count). The molecule has 0 saturated carbocycles. The van der Waals surface area contributed by atoms with Crippen LogP contribution in [0.4, 0.5) is 0 Å². The molecule has 0 fully saturated rings. The highest BCUT2D eigenvalue weighted by Gasteiger charge is 2.03. The number of hydrogen-bond donors (Lipinski definition) is 1. The fourth-order valence-electron chi connectivity index (χ4n) is 1.54. The summed E-state index contributed by atoms with van der Waals surface area (Å²) in [6, 6.07) is 7.48. The summed E-state index contributed by atoms with van der Waals surface area (Å²) < 4.78 is 15.2. The molecular weight excluding hydrogens is 246 g/mol. The Bertz CT molecular complexity index is 381. The maximum atomic E-state index is 11.7. The van der Waals surface area contributed by atoms with E-state index in [0.717, 1.165) is 11.3 Å². The third kappa shape index (κ3) is 6.79. The quantitative estimate of drug-likeness (QED) is 0.679. The van der Waals surface area contributed by atoms with Gasteiger partial charge in [-0.2, -0.15) is 0 Å². The number of nitrogens with one attached hydrogen (secondary N) is 1. The second-order valence-corrected chi connectivity index (χ2v) is 3.98. The zero-order chi connectivity index (χ0) is 13.9. The van der Waals surface area contributed by atoms with Crippen molar-refractivity contribution < 1.29 is 19.0 Å². The highest BCUT2D eigenvalue weighted by atomic mass is 16.5. The third-order valence-corrected chi connectivity index (χ3v) is 2.50. The van der Waals surface area contributed by atoms with Crippen molar-refractivity contribution in [1.29, 1.82) is 0 Å². The van der Waals surface area contributed by atoms with Crippen molar-refractivity contribution in [2.45, 2.75) is 6.42 Å². The molecule has 0 aliphatic heterocycles. The Morgan fingerprint density at radius 1 is 1.21 bits per heavy atom. The molecule has 0 radical (unpaired) electrons. The Morgan fingerprint density at radius 2 is 2.05 bits per heavy atom. The normalized spacial score (nSPS) is 10.2. The van der Waals surface area contributed by atoms with E-state index in [1.807, 2.05) is 24.3 Å². The smallest absolute Gasteiger partial charge is 0.224 e. The Balaban J connectivity index is 2.19. The number of carbonyl (C=O) groups is 1. The van der Waals surface area contributed by atoms with Crippen LogP contribution in [0, 0.1) is 0 Å². The fraction of sp³-hybridized carbons (Fsp3) is 0.500. The predicted molar refractivity (Wildman–Crippen MR) is 72.4 cm³/mol. The Hall–Kier alpha value is -1.59. The molecule has 5 nitrogen and oxygen atoms in total. The molecule has 1 amide bonds. The van der Waals surface area contributed by atoms with Gasteiger partial charge in [0.1, 0.15) is 5.75 Å². The first-order valence-electron chi connectivity index (χ1n) is 6.22. The van der Waals surface area contributed by atoms with Crippen LogP contribution in [0.1, 0.15) is 5.56 Å². The van der Waals surface area contributed by atoms with E-state index in [2.05, 4.69) is 5.32 Å². The number of benzene rings is 1. The first-order valence-corrected chi connectivity index (χ1v) is 6.22. The summed E-state index contributed by atoms with van der Waals surface area (Å²) in [5, 5.41) is 2.80. The van der Waals surface area contributed by atoms with E-state index in [1.165, 1.54) is 0 Å². The van der Waals surface area contributed by atoms with Gasteiger partial charge in [-0.05, 0) is 17.7 Å². The van der Waals surface area contributed by atoms with Crippen LogP contribution in [0.5, 0.6) is 5.75 Å². The Kier molecular flexibility index (Phi) is 7.62. The second-order valence-electron chi connectivity index (χ2n) is 3.98. The topological polar surface area (TPSA) is 56.8 Å². The molecule has 0 saturated heterocycles. The minimum Gasteiger partial charge on any atom is -0.497 e. The lowest BCUT2D eigenvalue weighted by Gasteiger charge is -2.07. The molecule has 0 heterocycles. The van der Waals surface area contributed by atoms with E-state index in [1.54, 1.807) is 14.2 Å². The maximum Gasteiger partial charge on any atom is 0.224 e. The minimum absolute atomic E-state index is 0.0244.